The number of aromatic nitrogens is 1. The summed E-state index contributed by atoms with van der Waals surface area (Å²) in [5.41, 5.74) is 8.30. The number of nitrogens with one attached hydrogen (secondary N) is 2. The Hall–Kier alpha value is -3.46. The fraction of sp³-hybridized carbons (Fsp3) is 0.526. The number of aryl methyl sites for hydroxylation is 2. The Morgan fingerprint density at radius 2 is 1.67 bits per heavy atom. The SMILES string of the molecule is CCN(c1cc(-c2ccc(CN3CCCOCC3)cc2)cc(C(=O)NCc2c(C)cc(C)[nH]c2=O)c1C)C1CCC(N(C)C)CC1. The Balaban J connectivity index is 1.45. The average molecular weight is 628 g/mol. The maximum Gasteiger partial charge on any atom is 0.253 e. The standard InChI is InChI=1S/C38H53N5O3/c1-7-43(33-15-13-32(14-16-33)41(5)6)36-23-31(30-11-9-29(10-12-30)25-42-17-8-19-46-20-18-42)22-34(28(36)4)37(44)39-24-35-26(2)21-27(3)40-38(35)45/h9-12,21-23,32-33H,7-8,13-20,24-25H2,1-6H3,(H,39,44)(H,40,45). The van der Waals surface area contributed by atoms with E-state index < -0.39 is 0 Å². The number of hydrogen-bond acceptors (Lipinski definition) is 6. The molecule has 1 saturated carbocycles. The molecule has 8 heteroatoms. The molecule has 2 aromatic carbocycles. The van der Waals surface area contributed by atoms with Crippen molar-refractivity contribution in [1.29, 1.82) is 0 Å². The van der Waals surface area contributed by atoms with E-state index in [1.54, 1.807) is 0 Å². The third kappa shape index (κ3) is 8.08. The minimum absolute atomic E-state index is 0.151. The van der Waals surface area contributed by atoms with Gasteiger partial charge in [0.15, 0.2) is 0 Å². The van der Waals surface area contributed by atoms with E-state index >= 15 is 0 Å². The Morgan fingerprint density at radius 1 is 0.957 bits per heavy atom. The maximum atomic E-state index is 13.9. The van der Waals surface area contributed by atoms with Gasteiger partial charge in [-0.25, -0.2) is 0 Å². The molecule has 0 radical (unpaired) electrons. The monoisotopic (exact) mass is 627 g/mol. The molecule has 1 saturated heterocycles. The van der Waals surface area contributed by atoms with Gasteiger partial charge in [-0.2, -0.15) is 0 Å². The molecule has 1 aromatic heterocycles. The minimum Gasteiger partial charge on any atom is -0.380 e. The van der Waals surface area contributed by atoms with Crippen molar-refractivity contribution in [3.63, 3.8) is 0 Å². The molecule has 2 N–H and O–H groups in total. The molecule has 0 unspecified atom stereocenters. The summed E-state index contributed by atoms with van der Waals surface area (Å²) >= 11 is 0. The quantitative estimate of drug-likeness (QED) is 0.295. The lowest BCUT2D eigenvalue weighted by Crippen LogP contribution is -2.42. The first-order valence-electron chi connectivity index (χ1n) is 17.1. The molecule has 8 nitrogen and oxygen atoms in total. The second kappa shape index (κ2) is 15.4. The van der Waals surface area contributed by atoms with E-state index in [9.17, 15) is 9.59 Å². The van der Waals surface area contributed by atoms with E-state index in [1.165, 1.54) is 18.4 Å². The van der Waals surface area contributed by atoms with E-state index in [0.717, 1.165) is 92.3 Å². The first kappa shape index (κ1) is 33.9. The van der Waals surface area contributed by atoms with Crippen LogP contribution in [-0.4, -0.2) is 79.7 Å². The second-order valence-electron chi connectivity index (χ2n) is 13.4. The predicted molar refractivity (Wildman–Crippen MR) is 188 cm³/mol. The molecule has 1 amide bonds. The second-order valence-corrected chi connectivity index (χ2v) is 13.4. The third-order valence-corrected chi connectivity index (χ3v) is 10.0. The zero-order valence-electron chi connectivity index (χ0n) is 28.7. The van der Waals surface area contributed by atoms with Crippen LogP contribution in [0.3, 0.4) is 0 Å². The normalized spacial score (nSPS) is 19.2. The topological polar surface area (TPSA) is 80.9 Å². The lowest BCUT2D eigenvalue weighted by molar-refractivity contribution is 0.0950. The van der Waals surface area contributed by atoms with Gasteiger partial charge in [0.1, 0.15) is 0 Å². The summed E-state index contributed by atoms with van der Waals surface area (Å²) in [5.74, 6) is -0.160. The van der Waals surface area contributed by atoms with Crippen molar-refractivity contribution >= 4 is 11.6 Å². The first-order valence-corrected chi connectivity index (χ1v) is 17.1. The van der Waals surface area contributed by atoms with Crippen LogP contribution in [0.2, 0.25) is 0 Å². The van der Waals surface area contributed by atoms with Gasteiger partial charge < -0.3 is 24.8 Å². The van der Waals surface area contributed by atoms with Crippen molar-refractivity contribution < 1.29 is 9.53 Å². The highest BCUT2D eigenvalue weighted by molar-refractivity contribution is 5.99. The van der Waals surface area contributed by atoms with Gasteiger partial charge >= 0.3 is 0 Å². The third-order valence-electron chi connectivity index (χ3n) is 10.0. The molecule has 2 fully saturated rings. The van der Waals surface area contributed by atoms with Gasteiger partial charge in [-0.05, 0) is 120 Å². The molecule has 2 aliphatic rings. The Kier molecular flexibility index (Phi) is 11.4. The number of H-pyrrole nitrogens is 1. The fourth-order valence-electron chi connectivity index (χ4n) is 7.29. The van der Waals surface area contributed by atoms with Crippen LogP contribution in [0.1, 0.15) is 77.3 Å². The van der Waals surface area contributed by atoms with Crippen LogP contribution >= 0.6 is 0 Å². The van der Waals surface area contributed by atoms with Gasteiger partial charge in [-0.1, -0.05) is 24.3 Å². The summed E-state index contributed by atoms with van der Waals surface area (Å²) in [6.07, 6.45) is 5.68. The molecule has 1 aliphatic carbocycles. The van der Waals surface area contributed by atoms with Crippen LogP contribution in [0.25, 0.3) is 11.1 Å². The number of rotatable bonds is 10. The molecule has 1 aliphatic heterocycles. The molecule has 46 heavy (non-hydrogen) atoms. The number of anilines is 1. The average Bonchev–Trinajstić information content (AvgIpc) is 3.31. The number of ether oxygens (including phenoxy) is 1. The molecule has 5 rings (SSSR count). The molecule has 0 spiro atoms. The van der Waals surface area contributed by atoms with Gasteiger partial charge in [-0.3, -0.25) is 14.5 Å². The molecule has 248 valence electrons. The van der Waals surface area contributed by atoms with Crippen LogP contribution in [0, 0.1) is 20.8 Å². The molecular weight excluding hydrogens is 574 g/mol. The maximum absolute atomic E-state index is 13.9. The van der Waals surface area contributed by atoms with E-state index in [-0.39, 0.29) is 18.0 Å². The number of carbonyl (C=O) groups excluding carboxylic acids is 1. The molecule has 3 aromatic rings. The highest BCUT2D eigenvalue weighted by Gasteiger charge is 2.28. The highest BCUT2D eigenvalue weighted by Crippen LogP contribution is 2.36. The van der Waals surface area contributed by atoms with Crippen LogP contribution < -0.4 is 15.8 Å². The van der Waals surface area contributed by atoms with Crippen molar-refractivity contribution in [1.82, 2.24) is 20.1 Å². The van der Waals surface area contributed by atoms with Gasteiger partial charge in [0.2, 0.25) is 0 Å². The van der Waals surface area contributed by atoms with Crippen molar-refractivity contribution in [2.75, 3.05) is 51.8 Å². The van der Waals surface area contributed by atoms with Gasteiger partial charge in [0.25, 0.3) is 11.5 Å². The van der Waals surface area contributed by atoms with Gasteiger partial charge in [0.05, 0.1) is 6.61 Å². The van der Waals surface area contributed by atoms with Gasteiger partial charge in [-0.15, -0.1) is 0 Å². The van der Waals surface area contributed by atoms with E-state index in [4.69, 9.17) is 4.74 Å². The largest absolute Gasteiger partial charge is 0.380 e. The summed E-state index contributed by atoms with van der Waals surface area (Å²) in [5, 5.41) is 3.08. The van der Waals surface area contributed by atoms with E-state index in [0.29, 0.717) is 23.2 Å². The molecule has 0 bridgehead atoms. The first-order chi connectivity index (χ1) is 22.1. The van der Waals surface area contributed by atoms with Crippen LogP contribution in [0.4, 0.5) is 5.69 Å². The Morgan fingerprint density at radius 3 is 2.35 bits per heavy atom. The van der Waals surface area contributed by atoms with Crippen molar-refractivity contribution in [3.05, 3.63) is 86.3 Å². The summed E-state index contributed by atoms with van der Waals surface area (Å²) in [6.45, 7) is 13.7. The lowest BCUT2D eigenvalue weighted by atomic mass is 9.88. The number of nitrogens with zero attached hydrogens (tertiary/aromatic N) is 3. The smallest absolute Gasteiger partial charge is 0.253 e. The van der Waals surface area contributed by atoms with Crippen LogP contribution in [0.5, 0.6) is 0 Å². The lowest BCUT2D eigenvalue weighted by Gasteiger charge is -2.40. The summed E-state index contributed by atoms with van der Waals surface area (Å²) in [4.78, 5) is 36.8. The minimum atomic E-state index is -0.160. The fourth-order valence-corrected chi connectivity index (χ4v) is 7.29. The number of aromatic amines is 1. The molecule has 2 heterocycles. The number of benzene rings is 2. The Bertz CT molecular complexity index is 1530. The molecule has 0 atom stereocenters. The number of amides is 1. The number of carbonyl (C=O) groups is 1. The summed E-state index contributed by atoms with van der Waals surface area (Å²) in [7, 11) is 4.36. The Labute approximate surface area is 275 Å². The van der Waals surface area contributed by atoms with Crippen LogP contribution in [-0.2, 0) is 17.8 Å². The van der Waals surface area contributed by atoms with Crippen molar-refractivity contribution in [3.8, 4) is 11.1 Å². The zero-order valence-corrected chi connectivity index (χ0v) is 28.7. The van der Waals surface area contributed by atoms with Crippen LogP contribution in [0.15, 0.2) is 47.3 Å². The highest BCUT2D eigenvalue weighted by atomic mass is 16.5. The number of pyridine rings is 1. The summed E-state index contributed by atoms with van der Waals surface area (Å²) in [6, 6.07) is 16.1. The van der Waals surface area contributed by atoms with Crippen molar-refractivity contribution in [2.24, 2.45) is 0 Å². The zero-order chi connectivity index (χ0) is 32.8. The van der Waals surface area contributed by atoms with Gasteiger partial charge in [0, 0.05) is 73.9 Å². The van der Waals surface area contributed by atoms with E-state index in [2.05, 4.69) is 83.3 Å². The summed E-state index contributed by atoms with van der Waals surface area (Å²) < 4.78 is 5.64. The van der Waals surface area contributed by atoms with E-state index in [1.807, 2.05) is 26.0 Å². The number of hydrogen-bond donors (Lipinski definition) is 2. The molecular formula is C38H53N5O3. The predicted octanol–water partition coefficient (Wildman–Crippen LogP) is 5.82. The van der Waals surface area contributed by atoms with Crippen molar-refractivity contribution in [2.45, 2.75) is 85.0 Å².